The Labute approximate surface area is 191 Å². The lowest BCUT2D eigenvalue weighted by Crippen LogP contribution is -2.28. The number of likely N-dealkylation sites (tertiary alicyclic amines) is 1. The van der Waals surface area contributed by atoms with Crippen molar-refractivity contribution in [3.8, 4) is 22.6 Å². The monoisotopic (exact) mass is 442 g/mol. The van der Waals surface area contributed by atoms with Crippen LogP contribution in [0.25, 0.3) is 33.5 Å². The predicted octanol–water partition coefficient (Wildman–Crippen LogP) is 3.81. The summed E-state index contributed by atoms with van der Waals surface area (Å²) in [6.45, 7) is 4.98. The molecule has 1 aliphatic heterocycles. The molecule has 3 N–H and O–H groups in total. The number of fused-ring (bicyclic) bond motifs is 1. The summed E-state index contributed by atoms with van der Waals surface area (Å²) in [6.07, 6.45) is 4.26. The molecule has 4 aromatic rings. The molecular weight excluding hydrogens is 416 g/mol. The van der Waals surface area contributed by atoms with Gasteiger partial charge in [0.1, 0.15) is 0 Å². The van der Waals surface area contributed by atoms with Crippen molar-refractivity contribution in [1.29, 1.82) is 0 Å². The van der Waals surface area contributed by atoms with E-state index in [9.17, 15) is 4.79 Å². The number of nitrogens with one attached hydrogen (secondary N) is 2. The normalized spacial score (nSPS) is 16.3. The van der Waals surface area contributed by atoms with E-state index in [4.69, 9.17) is 5.11 Å². The van der Waals surface area contributed by atoms with Crippen molar-refractivity contribution in [2.45, 2.75) is 13.3 Å². The number of hydrogen-bond acceptors (Lipinski definition) is 6. The summed E-state index contributed by atoms with van der Waals surface area (Å²) in [6, 6.07) is 14.2. The number of rotatable bonds is 7. The van der Waals surface area contributed by atoms with Crippen molar-refractivity contribution in [2.75, 3.05) is 31.5 Å². The van der Waals surface area contributed by atoms with E-state index in [1.807, 2.05) is 43.5 Å². The Balaban J connectivity index is 1.32. The Kier molecular flexibility index (Phi) is 5.75. The molecule has 3 aromatic heterocycles. The summed E-state index contributed by atoms with van der Waals surface area (Å²) in [5.41, 5.74) is 6.43. The molecular formula is C25H26N6O2. The van der Waals surface area contributed by atoms with E-state index in [0.29, 0.717) is 6.54 Å². The van der Waals surface area contributed by atoms with Crippen LogP contribution in [0.3, 0.4) is 0 Å². The number of imidazole rings is 1. The molecule has 1 saturated heterocycles. The van der Waals surface area contributed by atoms with Crippen LogP contribution in [0.2, 0.25) is 0 Å². The maximum atomic E-state index is 11.1. The fourth-order valence-corrected chi connectivity index (χ4v) is 4.36. The number of carboxylic acid groups (broad SMARTS) is 1. The van der Waals surface area contributed by atoms with Gasteiger partial charge in [0.05, 0.1) is 46.7 Å². The minimum atomic E-state index is -0.696. The molecule has 1 aromatic carbocycles. The fraction of sp³-hybridized carbons (Fsp3) is 0.280. The van der Waals surface area contributed by atoms with Crippen molar-refractivity contribution in [3.63, 3.8) is 0 Å². The molecule has 4 heterocycles. The van der Waals surface area contributed by atoms with Crippen molar-refractivity contribution in [1.82, 2.24) is 24.8 Å². The van der Waals surface area contributed by atoms with Crippen molar-refractivity contribution in [3.05, 3.63) is 60.7 Å². The molecule has 1 aliphatic rings. The summed E-state index contributed by atoms with van der Waals surface area (Å²) in [5, 5.41) is 13.6. The van der Waals surface area contributed by atoms with Crippen molar-refractivity contribution < 1.29 is 9.90 Å². The number of benzene rings is 1. The third-order valence-electron chi connectivity index (χ3n) is 6.12. The van der Waals surface area contributed by atoms with Gasteiger partial charge in [-0.1, -0.05) is 12.1 Å². The second kappa shape index (κ2) is 8.99. The highest BCUT2D eigenvalue weighted by molar-refractivity contribution is 5.88. The molecule has 5 rings (SSSR count). The van der Waals surface area contributed by atoms with Gasteiger partial charge in [-0.15, -0.1) is 0 Å². The van der Waals surface area contributed by atoms with Gasteiger partial charge in [-0.2, -0.15) is 0 Å². The molecule has 0 saturated carbocycles. The van der Waals surface area contributed by atoms with E-state index in [1.165, 1.54) is 0 Å². The fourth-order valence-electron chi connectivity index (χ4n) is 4.36. The molecule has 8 heteroatoms. The number of pyridine rings is 2. The van der Waals surface area contributed by atoms with Gasteiger partial charge >= 0.3 is 5.97 Å². The quantitative estimate of drug-likeness (QED) is 0.399. The number of carbonyl (C=O) groups is 1. The van der Waals surface area contributed by atoms with Gasteiger partial charge in [0.25, 0.3) is 0 Å². The van der Waals surface area contributed by atoms with Gasteiger partial charge in [0.15, 0.2) is 0 Å². The number of aromatic nitrogens is 4. The second-order valence-electron chi connectivity index (χ2n) is 8.47. The zero-order valence-electron chi connectivity index (χ0n) is 18.5. The first-order valence-corrected chi connectivity index (χ1v) is 11.1. The summed E-state index contributed by atoms with van der Waals surface area (Å²) in [5.74, 6) is -0.939. The molecule has 1 fully saturated rings. The molecule has 0 amide bonds. The van der Waals surface area contributed by atoms with E-state index >= 15 is 0 Å². The van der Waals surface area contributed by atoms with E-state index in [1.54, 1.807) is 6.33 Å². The van der Waals surface area contributed by atoms with Crippen LogP contribution in [0.4, 0.5) is 5.69 Å². The Morgan fingerprint density at radius 2 is 2.15 bits per heavy atom. The highest BCUT2D eigenvalue weighted by atomic mass is 16.4. The van der Waals surface area contributed by atoms with E-state index in [-0.39, 0.29) is 5.92 Å². The highest BCUT2D eigenvalue weighted by Gasteiger charge is 2.27. The van der Waals surface area contributed by atoms with Gasteiger partial charge in [0, 0.05) is 36.3 Å². The molecule has 8 nitrogen and oxygen atoms in total. The van der Waals surface area contributed by atoms with Gasteiger partial charge in [-0.25, -0.2) is 4.98 Å². The summed E-state index contributed by atoms with van der Waals surface area (Å²) in [4.78, 5) is 30.3. The number of aryl methyl sites for hydroxylation is 1. The van der Waals surface area contributed by atoms with Crippen molar-refractivity contribution in [2.24, 2.45) is 5.92 Å². The molecule has 0 aliphatic carbocycles. The van der Waals surface area contributed by atoms with Crippen LogP contribution >= 0.6 is 0 Å². The maximum Gasteiger partial charge on any atom is 0.307 e. The van der Waals surface area contributed by atoms with E-state index < -0.39 is 5.97 Å². The molecule has 33 heavy (non-hydrogen) atoms. The van der Waals surface area contributed by atoms with E-state index in [0.717, 1.165) is 71.0 Å². The van der Waals surface area contributed by atoms with Gasteiger partial charge < -0.3 is 20.3 Å². The predicted molar refractivity (Wildman–Crippen MR) is 128 cm³/mol. The lowest BCUT2D eigenvalue weighted by atomic mass is 10.0. The number of carboxylic acids is 1. The molecule has 0 bridgehead atoms. The molecule has 1 unspecified atom stereocenters. The second-order valence-corrected chi connectivity index (χ2v) is 8.47. The number of nitrogens with zero attached hydrogens (tertiary/aromatic N) is 4. The first-order chi connectivity index (χ1) is 16.1. The average molecular weight is 443 g/mol. The van der Waals surface area contributed by atoms with E-state index in [2.05, 4.69) is 42.3 Å². The Bertz CT molecular complexity index is 1300. The van der Waals surface area contributed by atoms with Crippen LogP contribution in [0, 0.1) is 12.8 Å². The molecule has 1 atom stereocenters. The maximum absolute atomic E-state index is 11.1. The van der Waals surface area contributed by atoms with Crippen LogP contribution < -0.4 is 5.32 Å². The average Bonchev–Trinajstić information content (AvgIpc) is 3.49. The molecule has 168 valence electrons. The van der Waals surface area contributed by atoms with Gasteiger partial charge in [-0.3, -0.25) is 14.8 Å². The van der Waals surface area contributed by atoms with Crippen LogP contribution in [0.1, 0.15) is 12.1 Å². The number of aromatic amines is 1. The summed E-state index contributed by atoms with van der Waals surface area (Å²) in [7, 11) is 0. The lowest BCUT2D eigenvalue weighted by molar-refractivity contribution is -0.141. The number of anilines is 1. The molecule has 0 spiro atoms. The first-order valence-electron chi connectivity index (χ1n) is 11.1. The Morgan fingerprint density at radius 1 is 1.24 bits per heavy atom. The lowest BCUT2D eigenvalue weighted by Gasteiger charge is -2.16. The smallest absolute Gasteiger partial charge is 0.307 e. The third kappa shape index (κ3) is 4.56. The van der Waals surface area contributed by atoms with Crippen LogP contribution in [-0.4, -0.2) is 62.1 Å². The third-order valence-corrected chi connectivity index (χ3v) is 6.12. The Morgan fingerprint density at radius 3 is 2.97 bits per heavy atom. The van der Waals surface area contributed by atoms with Crippen LogP contribution in [0.15, 0.2) is 55.0 Å². The van der Waals surface area contributed by atoms with Crippen molar-refractivity contribution >= 4 is 22.6 Å². The minimum Gasteiger partial charge on any atom is -0.481 e. The zero-order chi connectivity index (χ0) is 22.8. The largest absolute Gasteiger partial charge is 0.481 e. The standard InChI is InChI=1S/C25H26N6O2/c1-16-3-2-4-22(30-16)24-23(28-15-29-24)17-5-6-21-19(11-17)12-20(13-27-21)26-8-10-31-9-7-18(14-31)25(32)33/h2-6,11-13,15,18,26H,7-10,14H2,1H3,(H,28,29)(H,32,33). The highest BCUT2D eigenvalue weighted by Crippen LogP contribution is 2.30. The van der Waals surface area contributed by atoms with Gasteiger partial charge in [-0.05, 0) is 50.2 Å². The summed E-state index contributed by atoms with van der Waals surface area (Å²) < 4.78 is 0. The number of hydrogen-bond donors (Lipinski definition) is 3. The number of aliphatic carboxylic acids is 1. The van der Waals surface area contributed by atoms with Crippen LogP contribution in [0.5, 0.6) is 0 Å². The SMILES string of the molecule is Cc1cccc(-c2[nH]cnc2-c2ccc3ncc(NCCN4CCC(C(=O)O)C4)cc3c2)n1. The van der Waals surface area contributed by atoms with Crippen LogP contribution in [-0.2, 0) is 4.79 Å². The number of H-pyrrole nitrogens is 1. The zero-order valence-corrected chi connectivity index (χ0v) is 18.5. The summed E-state index contributed by atoms with van der Waals surface area (Å²) >= 11 is 0. The van der Waals surface area contributed by atoms with Gasteiger partial charge in [0.2, 0.25) is 0 Å². The topological polar surface area (TPSA) is 107 Å². The molecule has 0 radical (unpaired) electrons. The Hall–Kier alpha value is -3.78. The first kappa shape index (κ1) is 21.1. The minimum absolute atomic E-state index is 0.243.